The molecule has 0 fully saturated rings. The van der Waals surface area contributed by atoms with E-state index in [4.69, 9.17) is 4.74 Å². The number of rotatable bonds is 6. The van der Waals surface area contributed by atoms with Gasteiger partial charge in [-0.1, -0.05) is 18.2 Å². The third-order valence-corrected chi connectivity index (χ3v) is 4.56. The van der Waals surface area contributed by atoms with Crippen molar-refractivity contribution in [3.63, 3.8) is 0 Å². The summed E-state index contributed by atoms with van der Waals surface area (Å²) in [6, 6.07) is 14.3. The molecule has 0 aliphatic carbocycles. The van der Waals surface area contributed by atoms with Crippen molar-refractivity contribution >= 4 is 11.8 Å². The van der Waals surface area contributed by atoms with Gasteiger partial charge in [-0.25, -0.2) is 18.2 Å². The van der Waals surface area contributed by atoms with E-state index in [1.54, 1.807) is 44.2 Å². The van der Waals surface area contributed by atoms with E-state index in [1.807, 2.05) is 0 Å². The Morgan fingerprint density at radius 2 is 1.56 bits per heavy atom. The highest BCUT2D eigenvalue weighted by atomic mass is 19.1. The third kappa shape index (κ3) is 5.46. The molecule has 2 amide bonds. The maximum Gasteiger partial charge on any atom is 0.279 e. The second-order valence-electron chi connectivity index (χ2n) is 7.22. The molecular weight excluding hydrogens is 421 g/mol. The second kappa shape index (κ2) is 10.00. The summed E-state index contributed by atoms with van der Waals surface area (Å²) in [6.07, 6.45) is 0. The van der Waals surface area contributed by atoms with E-state index in [2.05, 4.69) is 5.43 Å². The number of carbonyl (C=O) groups is 2. The zero-order valence-corrected chi connectivity index (χ0v) is 17.4. The summed E-state index contributed by atoms with van der Waals surface area (Å²) in [7, 11) is 0. The Kier molecular flexibility index (Phi) is 7.14. The van der Waals surface area contributed by atoms with Crippen molar-refractivity contribution in [1.82, 2.24) is 10.4 Å². The first-order valence-electron chi connectivity index (χ1n) is 9.82. The molecule has 0 saturated carbocycles. The minimum atomic E-state index is -0.897. The molecule has 5 nitrogen and oxygen atoms in total. The van der Waals surface area contributed by atoms with Gasteiger partial charge < -0.3 is 4.74 Å². The van der Waals surface area contributed by atoms with Gasteiger partial charge in [0, 0.05) is 28.8 Å². The van der Waals surface area contributed by atoms with Gasteiger partial charge in [0.25, 0.3) is 11.8 Å². The van der Waals surface area contributed by atoms with Crippen LogP contribution in [0.4, 0.5) is 13.2 Å². The second-order valence-corrected chi connectivity index (χ2v) is 7.22. The molecule has 0 aliphatic heterocycles. The number of nitrogens with one attached hydrogen (secondary N) is 1. The molecule has 0 heterocycles. The molecule has 0 atom stereocenters. The summed E-state index contributed by atoms with van der Waals surface area (Å²) in [5, 5.41) is 1.12. The van der Waals surface area contributed by atoms with E-state index in [9.17, 15) is 22.8 Å². The molecule has 0 aromatic heterocycles. The van der Waals surface area contributed by atoms with Crippen molar-refractivity contribution in [2.75, 3.05) is 6.61 Å². The number of hydrazine groups is 1. The number of halogens is 3. The van der Waals surface area contributed by atoms with Crippen LogP contribution in [-0.4, -0.2) is 29.5 Å². The van der Waals surface area contributed by atoms with E-state index < -0.39 is 35.9 Å². The average Bonchev–Trinajstić information content (AvgIpc) is 2.76. The lowest BCUT2D eigenvalue weighted by Gasteiger charge is -2.27. The number of amides is 2. The highest BCUT2D eigenvalue weighted by molar-refractivity contribution is 5.95. The van der Waals surface area contributed by atoms with Gasteiger partial charge in [-0.2, -0.15) is 0 Å². The summed E-state index contributed by atoms with van der Waals surface area (Å²) in [6.45, 7) is 2.91. The predicted octanol–water partition coefficient (Wildman–Crippen LogP) is 4.73. The molecule has 0 saturated heterocycles. The van der Waals surface area contributed by atoms with E-state index in [0.717, 1.165) is 29.3 Å². The molecule has 8 heteroatoms. The molecule has 0 bridgehead atoms. The molecule has 166 valence electrons. The normalized spacial score (nSPS) is 10.7. The van der Waals surface area contributed by atoms with Crippen molar-refractivity contribution in [3.05, 3.63) is 89.7 Å². The van der Waals surface area contributed by atoms with E-state index in [0.29, 0.717) is 11.6 Å². The van der Waals surface area contributed by atoms with Gasteiger partial charge in [0.1, 0.15) is 23.2 Å². The largest absolute Gasteiger partial charge is 0.483 e. The smallest absolute Gasteiger partial charge is 0.279 e. The van der Waals surface area contributed by atoms with Gasteiger partial charge in [-0.3, -0.25) is 15.0 Å². The standard InChI is InChI=1S/C24H21F3N2O3/c1-15(2)29(28-24(31)16-6-4-3-5-7-16)23(30)14-32-22-11-9-17(25)12-20(22)19-10-8-18(26)13-21(19)27/h3-13,15H,14H2,1-2H3,(H,28,31). The fourth-order valence-corrected chi connectivity index (χ4v) is 3.00. The SMILES string of the molecule is CC(C)N(NC(=O)c1ccccc1)C(=O)COc1ccc(F)cc1-c1ccc(F)cc1F. The van der Waals surface area contributed by atoms with E-state index in [-0.39, 0.29) is 22.9 Å². The molecule has 1 N–H and O–H groups in total. The summed E-state index contributed by atoms with van der Waals surface area (Å²) in [5.41, 5.74) is 2.87. The van der Waals surface area contributed by atoms with Crippen molar-refractivity contribution in [1.29, 1.82) is 0 Å². The fourth-order valence-electron chi connectivity index (χ4n) is 3.00. The quantitative estimate of drug-likeness (QED) is 0.562. The number of hydrogen-bond donors (Lipinski definition) is 1. The fraction of sp³-hybridized carbons (Fsp3) is 0.167. The molecule has 3 aromatic rings. The van der Waals surface area contributed by atoms with Crippen LogP contribution in [0.15, 0.2) is 66.7 Å². The molecule has 0 radical (unpaired) electrons. The number of carbonyl (C=O) groups excluding carboxylic acids is 2. The highest BCUT2D eigenvalue weighted by Gasteiger charge is 2.22. The van der Waals surface area contributed by atoms with Crippen LogP contribution in [0.25, 0.3) is 11.1 Å². The lowest BCUT2D eigenvalue weighted by atomic mass is 10.0. The topological polar surface area (TPSA) is 58.6 Å². The van der Waals surface area contributed by atoms with Gasteiger partial charge >= 0.3 is 0 Å². The maximum absolute atomic E-state index is 14.2. The van der Waals surface area contributed by atoms with Crippen LogP contribution in [0.1, 0.15) is 24.2 Å². The monoisotopic (exact) mass is 442 g/mol. The molecule has 32 heavy (non-hydrogen) atoms. The van der Waals surface area contributed by atoms with Gasteiger partial charge in [0.15, 0.2) is 6.61 Å². The van der Waals surface area contributed by atoms with Gasteiger partial charge in [0.2, 0.25) is 0 Å². The van der Waals surface area contributed by atoms with Crippen LogP contribution in [0.2, 0.25) is 0 Å². The first-order valence-corrected chi connectivity index (χ1v) is 9.82. The Labute approximate surface area is 183 Å². The van der Waals surface area contributed by atoms with E-state index >= 15 is 0 Å². The van der Waals surface area contributed by atoms with Crippen molar-refractivity contribution in [3.8, 4) is 16.9 Å². The van der Waals surface area contributed by atoms with Crippen molar-refractivity contribution in [2.45, 2.75) is 19.9 Å². The van der Waals surface area contributed by atoms with E-state index in [1.165, 1.54) is 6.07 Å². The molecule has 0 aliphatic rings. The van der Waals surface area contributed by atoms with Crippen LogP contribution in [0.3, 0.4) is 0 Å². The Morgan fingerprint density at radius 1 is 0.906 bits per heavy atom. The number of benzene rings is 3. The first-order chi connectivity index (χ1) is 15.3. The Bertz CT molecular complexity index is 1120. The molecular formula is C24H21F3N2O3. The van der Waals surface area contributed by atoms with Gasteiger partial charge in [-0.15, -0.1) is 0 Å². The van der Waals surface area contributed by atoms with Crippen molar-refractivity contribution in [2.24, 2.45) is 0 Å². The summed E-state index contributed by atoms with van der Waals surface area (Å²) >= 11 is 0. The zero-order chi connectivity index (χ0) is 23.3. The number of ether oxygens (including phenoxy) is 1. The predicted molar refractivity (Wildman–Crippen MR) is 113 cm³/mol. The number of nitrogens with zero attached hydrogens (tertiary/aromatic N) is 1. The summed E-state index contributed by atoms with van der Waals surface area (Å²) < 4.78 is 46.9. The van der Waals surface area contributed by atoms with Crippen molar-refractivity contribution < 1.29 is 27.5 Å². The van der Waals surface area contributed by atoms with Crippen LogP contribution in [0, 0.1) is 17.5 Å². The van der Waals surface area contributed by atoms with Crippen LogP contribution in [-0.2, 0) is 4.79 Å². The molecule has 3 rings (SSSR count). The maximum atomic E-state index is 14.2. The van der Waals surface area contributed by atoms with Crippen LogP contribution >= 0.6 is 0 Å². The average molecular weight is 442 g/mol. The van der Waals surface area contributed by atoms with Crippen LogP contribution in [0.5, 0.6) is 5.75 Å². The minimum absolute atomic E-state index is 0.0275. The lowest BCUT2D eigenvalue weighted by Crippen LogP contribution is -2.51. The lowest BCUT2D eigenvalue weighted by molar-refractivity contribution is -0.137. The zero-order valence-electron chi connectivity index (χ0n) is 17.4. The summed E-state index contributed by atoms with van der Waals surface area (Å²) in [5.74, 6) is -3.33. The Balaban J connectivity index is 1.77. The Morgan fingerprint density at radius 3 is 2.22 bits per heavy atom. The number of hydrogen-bond acceptors (Lipinski definition) is 3. The highest BCUT2D eigenvalue weighted by Crippen LogP contribution is 2.33. The summed E-state index contributed by atoms with van der Waals surface area (Å²) in [4.78, 5) is 25.2. The van der Waals surface area contributed by atoms with Crippen LogP contribution < -0.4 is 10.2 Å². The van der Waals surface area contributed by atoms with Gasteiger partial charge in [-0.05, 0) is 56.3 Å². The Hall–Kier alpha value is -3.81. The molecule has 3 aromatic carbocycles. The van der Waals surface area contributed by atoms with Gasteiger partial charge in [0.05, 0.1) is 0 Å². The molecule has 0 unspecified atom stereocenters. The molecule has 0 spiro atoms. The minimum Gasteiger partial charge on any atom is -0.483 e. The first kappa shape index (κ1) is 22.9. The third-order valence-electron chi connectivity index (χ3n) is 4.56.